The van der Waals surface area contributed by atoms with Gasteiger partial charge in [0.2, 0.25) is 6.54 Å². The fourth-order valence-electron chi connectivity index (χ4n) is 1.17. The Bertz CT molecular complexity index is 253. The lowest BCUT2D eigenvalue weighted by Gasteiger charge is -2.23. The summed E-state index contributed by atoms with van der Waals surface area (Å²) in [6.07, 6.45) is 0.0608. The number of hydrogen-bond donors (Lipinski definition) is 0. The quantitative estimate of drug-likeness (QED) is 0.410. The van der Waals surface area contributed by atoms with Crippen molar-refractivity contribution in [2.24, 2.45) is 5.41 Å². The van der Waals surface area contributed by atoms with E-state index in [0.717, 1.165) is 0 Å². The summed E-state index contributed by atoms with van der Waals surface area (Å²) in [5, 5.41) is 10.3. The molecule has 0 heterocycles. The average molecular weight is 217 g/mol. The molecule has 0 spiro atoms. The van der Waals surface area contributed by atoms with Crippen LogP contribution in [-0.2, 0) is 9.53 Å². The molecule has 0 atom stereocenters. The largest absolute Gasteiger partial charge is 0.460 e. The Morgan fingerprint density at radius 1 is 1.27 bits per heavy atom. The van der Waals surface area contributed by atoms with Crippen LogP contribution in [0.3, 0.4) is 0 Å². The smallest absolute Gasteiger partial charge is 0.307 e. The van der Waals surface area contributed by atoms with Gasteiger partial charge in [-0.3, -0.25) is 14.9 Å². The molecule has 0 aliphatic rings. The average Bonchev–Trinajstić information content (AvgIpc) is 1.73. The molecule has 88 valence electrons. The predicted molar refractivity (Wildman–Crippen MR) is 56.1 cm³/mol. The van der Waals surface area contributed by atoms with E-state index in [0.29, 0.717) is 0 Å². The number of hydrogen-bond acceptors (Lipinski definition) is 4. The van der Waals surface area contributed by atoms with Gasteiger partial charge < -0.3 is 4.74 Å². The van der Waals surface area contributed by atoms with Gasteiger partial charge in [-0.05, 0) is 20.8 Å². The molecule has 0 amide bonds. The third-order valence-corrected chi connectivity index (χ3v) is 1.60. The molecule has 5 nitrogen and oxygen atoms in total. The molecule has 5 heteroatoms. The van der Waals surface area contributed by atoms with Gasteiger partial charge >= 0.3 is 5.97 Å². The van der Waals surface area contributed by atoms with Crippen LogP contribution in [0, 0.1) is 15.5 Å². The van der Waals surface area contributed by atoms with E-state index in [1.807, 2.05) is 0 Å². The van der Waals surface area contributed by atoms with Gasteiger partial charge in [0.1, 0.15) is 5.60 Å². The first kappa shape index (κ1) is 13.9. The van der Waals surface area contributed by atoms with Crippen LogP contribution >= 0.6 is 0 Å². The molecule has 15 heavy (non-hydrogen) atoms. The summed E-state index contributed by atoms with van der Waals surface area (Å²) in [7, 11) is 0. The molecular formula is C10H19NO4. The van der Waals surface area contributed by atoms with Crippen LogP contribution in [0.4, 0.5) is 0 Å². The van der Waals surface area contributed by atoms with Gasteiger partial charge in [-0.2, -0.15) is 0 Å². The van der Waals surface area contributed by atoms with E-state index in [1.54, 1.807) is 34.6 Å². The van der Waals surface area contributed by atoms with E-state index in [9.17, 15) is 14.9 Å². The maximum absolute atomic E-state index is 11.4. The molecule has 0 saturated heterocycles. The Balaban J connectivity index is 4.22. The lowest BCUT2D eigenvalue weighted by molar-refractivity contribution is -0.495. The Morgan fingerprint density at radius 3 is 2.07 bits per heavy atom. The number of rotatable bonds is 4. The van der Waals surface area contributed by atoms with Crippen molar-refractivity contribution in [1.29, 1.82) is 0 Å². The zero-order chi connectivity index (χ0) is 12.3. The molecule has 0 rings (SSSR count). The second-order valence-electron chi connectivity index (χ2n) is 5.42. The minimum atomic E-state index is -0.661. The molecule has 0 aromatic rings. The highest BCUT2D eigenvalue weighted by atomic mass is 16.6. The topological polar surface area (TPSA) is 69.4 Å². The van der Waals surface area contributed by atoms with Crippen LogP contribution in [0.1, 0.15) is 41.0 Å². The molecule has 0 aliphatic heterocycles. The summed E-state index contributed by atoms with van der Waals surface area (Å²) in [6.45, 7) is 8.44. The van der Waals surface area contributed by atoms with Gasteiger partial charge in [0.05, 0.1) is 6.42 Å². The van der Waals surface area contributed by atoms with Crippen LogP contribution < -0.4 is 0 Å². The SMILES string of the molecule is CC(C)(CC(=O)OC(C)(C)C)C[N+](=O)[O-]. The molecule has 0 aliphatic carbocycles. The highest BCUT2D eigenvalue weighted by Crippen LogP contribution is 2.22. The maximum Gasteiger partial charge on any atom is 0.307 e. The van der Waals surface area contributed by atoms with Crippen LogP contribution in [0.25, 0.3) is 0 Å². The second kappa shape index (κ2) is 4.59. The van der Waals surface area contributed by atoms with Gasteiger partial charge in [-0.25, -0.2) is 0 Å². The third-order valence-electron chi connectivity index (χ3n) is 1.60. The molecule has 0 aromatic heterocycles. The first-order valence-electron chi connectivity index (χ1n) is 4.85. The van der Waals surface area contributed by atoms with Gasteiger partial charge in [0, 0.05) is 10.3 Å². The highest BCUT2D eigenvalue weighted by molar-refractivity contribution is 5.70. The molecule has 0 bridgehead atoms. The minimum Gasteiger partial charge on any atom is -0.460 e. The maximum atomic E-state index is 11.4. The molecule has 0 fully saturated rings. The lowest BCUT2D eigenvalue weighted by atomic mass is 9.89. The number of ether oxygens (including phenoxy) is 1. The van der Waals surface area contributed by atoms with Crippen LogP contribution in [0.2, 0.25) is 0 Å². The monoisotopic (exact) mass is 217 g/mol. The van der Waals surface area contributed by atoms with Gasteiger partial charge in [-0.15, -0.1) is 0 Å². The summed E-state index contributed by atoms with van der Waals surface area (Å²) in [4.78, 5) is 21.3. The minimum absolute atomic E-state index is 0.0608. The second-order valence-corrected chi connectivity index (χ2v) is 5.42. The van der Waals surface area contributed by atoms with Crippen LogP contribution in [0.5, 0.6) is 0 Å². The highest BCUT2D eigenvalue weighted by Gasteiger charge is 2.30. The standard InChI is InChI=1S/C10H19NO4/c1-9(2,3)15-8(12)6-10(4,5)7-11(13)14/h6-7H2,1-5H3. The third kappa shape index (κ3) is 7.90. The van der Waals surface area contributed by atoms with Crippen molar-refractivity contribution in [2.45, 2.75) is 46.6 Å². The summed E-state index contributed by atoms with van der Waals surface area (Å²) < 4.78 is 5.09. The normalized spacial score (nSPS) is 12.3. The van der Waals surface area contributed by atoms with Gasteiger partial charge in [0.25, 0.3) is 0 Å². The summed E-state index contributed by atoms with van der Waals surface area (Å²) in [6, 6.07) is 0. The van der Waals surface area contributed by atoms with E-state index >= 15 is 0 Å². The molecule has 0 aromatic carbocycles. The first-order chi connectivity index (χ1) is 6.52. The number of nitrogens with zero attached hydrogens (tertiary/aromatic N) is 1. The predicted octanol–water partition coefficient (Wildman–Crippen LogP) is 2.02. The van der Waals surface area contributed by atoms with E-state index in [-0.39, 0.29) is 13.0 Å². The van der Waals surface area contributed by atoms with Crippen molar-refractivity contribution < 1.29 is 14.5 Å². The summed E-state index contributed by atoms with van der Waals surface area (Å²) in [5.41, 5.74) is -1.20. The van der Waals surface area contributed by atoms with E-state index < -0.39 is 21.9 Å². The van der Waals surface area contributed by atoms with Crippen molar-refractivity contribution in [3.63, 3.8) is 0 Å². The number of carbonyl (C=O) groups excluding carboxylic acids is 1. The molecule has 0 N–H and O–H groups in total. The van der Waals surface area contributed by atoms with Gasteiger partial charge in [0.15, 0.2) is 0 Å². The number of carbonyl (C=O) groups is 1. The van der Waals surface area contributed by atoms with Crippen molar-refractivity contribution in [3.05, 3.63) is 10.1 Å². The molecule has 0 radical (unpaired) electrons. The van der Waals surface area contributed by atoms with E-state index in [2.05, 4.69) is 0 Å². The summed E-state index contributed by atoms with van der Waals surface area (Å²) in [5.74, 6) is -0.394. The fraction of sp³-hybridized carbons (Fsp3) is 0.900. The molecular weight excluding hydrogens is 198 g/mol. The zero-order valence-electron chi connectivity index (χ0n) is 9.99. The molecule has 0 saturated carbocycles. The Hall–Kier alpha value is -1.13. The summed E-state index contributed by atoms with van der Waals surface area (Å²) >= 11 is 0. The zero-order valence-corrected chi connectivity index (χ0v) is 9.99. The Morgan fingerprint density at radius 2 is 1.73 bits per heavy atom. The van der Waals surface area contributed by atoms with Crippen molar-refractivity contribution in [1.82, 2.24) is 0 Å². The first-order valence-corrected chi connectivity index (χ1v) is 4.85. The van der Waals surface area contributed by atoms with Crippen molar-refractivity contribution in [2.75, 3.05) is 6.54 Å². The van der Waals surface area contributed by atoms with E-state index in [4.69, 9.17) is 4.74 Å². The number of nitro groups is 1. The number of esters is 1. The molecule has 0 unspecified atom stereocenters. The van der Waals surface area contributed by atoms with Crippen molar-refractivity contribution in [3.8, 4) is 0 Å². The van der Waals surface area contributed by atoms with Gasteiger partial charge in [-0.1, -0.05) is 13.8 Å². The van der Waals surface area contributed by atoms with E-state index in [1.165, 1.54) is 0 Å². The van der Waals surface area contributed by atoms with Crippen LogP contribution in [0.15, 0.2) is 0 Å². The lowest BCUT2D eigenvalue weighted by Crippen LogP contribution is -2.31. The van der Waals surface area contributed by atoms with Crippen molar-refractivity contribution >= 4 is 5.97 Å². The Kier molecular flexibility index (Phi) is 4.25. The van der Waals surface area contributed by atoms with Crippen LogP contribution in [-0.4, -0.2) is 23.0 Å². The Labute approximate surface area is 90.0 Å². The fourth-order valence-corrected chi connectivity index (χ4v) is 1.17.